The smallest absolute Gasteiger partial charge is 0.260 e. The number of carbonyl (C=O) groups excluding carboxylic acids is 1. The van der Waals surface area contributed by atoms with Crippen molar-refractivity contribution in [3.8, 4) is 5.75 Å². The molecule has 4 nitrogen and oxygen atoms in total. The minimum absolute atomic E-state index is 0.0172. The summed E-state index contributed by atoms with van der Waals surface area (Å²) in [6, 6.07) is 4.95. The molecule has 1 aromatic carbocycles. The van der Waals surface area contributed by atoms with Gasteiger partial charge >= 0.3 is 0 Å². The van der Waals surface area contributed by atoms with Gasteiger partial charge in [-0.15, -0.1) is 0 Å². The Morgan fingerprint density at radius 3 is 2.82 bits per heavy atom. The fourth-order valence-corrected chi connectivity index (χ4v) is 2.93. The summed E-state index contributed by atoms with van der Waals surface area (Å²) >= 11 is 11.8. The molecular formula is C16H19Cl2NO3. The molecule has 0 spiro atoms. The molecule has 1 heterocycles. The fourth-order valence-electron chi connectivity index (χ4n) is 2.47. The van der Waals surface area contributed by atoms with Crippen molar-refractivity contribution in [3.05, 3.63) is 28.2 Å². The van der Waals surface area contributed by atoms with Gasteiger partial charge in [-0.1, -0.05) is 23.2 Å². The van der Waals surface area contributed by atoms with Gasteiger partial charge < -0.3 is 14.4 Å². The second-order valence-electron chi connectivity index (χ2n) is 5.89. The van der Waals surface area contributed by atoms with Gasteiger partial charge in [0, 0.05) is 24.7 Å². The number of hydrogen-bond donors (Lipinski definition) is 0. The van der Waals surface area contributed by atoms with Gasteiger partial charge in [0.05, 0.1) is 11.1 Å². The molecule has 1 atom stereocenters. The number of halogens is 2. The van der Waals surface area contributed by atoms with Gasteiger partial charge in [0.25, 0.3) is 5.91 Å². The molecule has 1 aliphatic carbocycles. The van der Waals surface area contributed by atoms with E-state index in [0.29, 0.717) is 22.3 Å². The number of hydrogen-bond acceptors (Lipinski definition) is 3. The lowest BCUT2D eigenvalue weighted by Gasteiger charge is -2.17. The molecule has 1 aromatic rings. The van der Waals surface area contributed by atoms with Crippen LogP contribution in [-0.2, 0) is 9.53 Å². The molecule has 0 radical (unpaired) electrons. The van der Waals surface area contributed by atoms with E-state index in [-0.39, 0.29) is 18.6 Å². The van der Waals surface area contributed by atoms with E-state index in [9.17, 15) is 4.79 Å². The molecule has 120 valence electrons. The number of likely N-dealkylation sites (tertiary alicyclic amines) is 1. The van der Waals surface area contributed by atoms with Crippen LogP contribution in [-0.4, -0.2) is 43.2 Å². The maximum absolute atomic E-state index is 12.2. The predicted octanol–water partition coefficient (Wildman–Crippen LogP) is 3.40. The Morgan fingerprint density at radius 1 is 1.27 bits per heavy atom. The molecule has 6 heteroatoms. The van der Waals surface area contributed by atoms with E-state index in [1.165, 1.54) is 12.8 Å². The molecule has 1 aliphatic heterocycles. The highest BCUT2D eigenvalue weighted by Gasteiger charge is 2.29. The summed E-state index contributed by atoms with van der Waals surface area (Å²) in [6.07, 6.45) is 3.64. The summed E-state index contributed by atoms with van der Waals surface area (Å²) in [5.41, 5.74) is 0. The first-order valence-electron chi connectivity index (χ1n) is 7.59. The van der Waals surface area contributed by atoms with Crippen LogP contribution < -0.4 is 4.74 Å². The number of rotatable bonds is 6. The Labute approximate surface area is 140 Å². The Bertz CT molecular complexity index is 548. The standard InChI is InChI=1S/C16H19Cl2NO3/c17-12-3-4-15(14(18)7-12)22-10-16(20)19-6-5-13(8-19)21-9-11-1-2-11/h3-4,7,11,13H,1-2,5-6,8-10H2. The van der Waals surface area contributed by atoms with Gasteiger partial charge in [0.1, 0.15) is 5.75 Å². The quantitative estimate of drug-likeness (QED) is 0.794. The highest BCUT2D eigenvalue weighted by molar-refractivity contribution is 6.35. The molecule has 1 saturated heterocycles. The summed E-state index contributed by atoms with van der Waals surface area (Å²) in [7, 11) is 0. The number of carbonyl (C=O) groups is 1. The molecule has 2 fully saturated rings. The Balaban J connectivity index is 1.43. The van der Waals surface area contributed by atoms with E-state index in [4.69, 9.17) is 32.7 Å². The second-order valence-corrected chi connectivity index (χ2v) is 6.73. The van der Waals surface area contributed by atoms with Crippen LogP contribution in [0.15, 0.2) is 18.2 Å². The van der Waals surface area contributed by atoms with Crippen LogP contribution in [0.1, 0.15) is 19.3 Å². The first-order valence-corrected chi connectivity index (χ1v) is 8.34. The zero-order valence-electron chi connectivity index (χ0n) is 12.3. The van der Waals surface area contributed by atoms with Crippen molar-refractivity contribution in [2.24, 2.45) is 5.92 Å². The van der Waals surface area contributed by atoms with Gasteiger partial charge in [-0.2, -0.15) is 0 Å². The summed E-state index contributed by atoms with van der Waals surface area (Å²) in [5, 5.41) is 0.950. The zero-order chi connectivity index (χ0) is 15.5. The van der Waals surface area contributed by atoms with E-state index in [1.807, 2.05) is 0 Å². The van der Waals surface area contributed by atoms with Crippen molar-refractivity contribution >= 4 is 29.1 Å². The van der Waals surface area contributed by atoms with Crippen molar-refractivity contribution in [1.29, 1.82) is 0 Å². The van der Waals surface area contributed by atoms with E-state index in [1.54, 1.807) is 23.1 Å². The van der Waals surface area contributed by atoms with E-state index in [0.717, 1.165) is 25.5 Å². The number of ether oxygens (including phenoxy) is 2. The highest BCUT2D eigenvalue weighted by atomic mass is 35.5. The third kappa shape index (κ3) is 4.28. The second kappa shape index (κ2) is 7.07. The Morgan fingerprint density at radius 2 is 2.09 bits per heavy atom. The van der Waals surface area contributed by atoms with E-state index in [2.05, 4.69) is 0 Å². The SMILES string of the molecule is O=C(COc1ccc(Cl)cc1Cl)N1CCC(OCC2CC2)C1. The zero-order valence-corrected chi connectivity index (χ0v) is 13.8. The summed E-state index contributed by atoms with van der Waals surface area (Å²) in [6.45, 7) is 2.20. The lowest BCUT2D eigenvalue weighted by Crippen LogP contribution is -2.34. The van der Waals surface area contributed by atoms with Gasteiger partial charge in [0.2, 0.25) is 0 Å². The van der Waals surface area contributed by atoms with Crippen LogP contribution in [0.5, 0.6) is 5.75 Å². The van der Waals surface area contributed by atoms with Crippen LogP contribution in [0, 0.1) is 5.92 Å². The largest absolute Gasteiger partial charge is 0.482 e. The number of amides is 1. The van der Waals surface area contributed by atoms with Crippen LogP contribution in [0.2, 0.25) is 10.0 Å². The number of benzene rings is 1. The Hall–Kier alpha value is -0.970. The van der Waals surface area contributed by atoms with Crippen LogP contribution >= 0.6 is 23.2 Å². The van der Waals surface area contributed by atoms with Gasteiger partial charge in [0.15, 0.2) is 6.61 Å². The fraction of sp³-hybridized carbons (Fsp3) is 0.562. The van der Waals surface area contributed by atoms with Crippen molar-refractivity contribution in [3.63, 3.8) is 0 Å². The summed E-state index contributed by atoms with van der Waals surface area (Å²) in [5.74, 6) is 1.18. The molecule has 1 saturated carbocycles. The van der Waals surface area contributed by atoms with Gasteiger partial charge in [-0.05, 0) is 43.4 Å². The highest BCUT2D eigenvalue weighted by Crippen LogP contribution is 2.30. The third-order valence-corrected chi connectivity index (χ3v) is 4.54. The lowest BCUT2D eigenvalue weighted by molar-refractivity contribution is -0.132. The van der Waals surface area contributed by atoms with Crippen molar-refractivity contribution in [2.75, 3.05) is 26.3 Å². The van der Waals surface area contributed by atoms with Gasteiger partial charge in [-0.25, -0.2) is 0 Å². The topological polar surface area (TPSA) is 38.8 Å². The minimum Gasteiger partial charge on any atom is -0.482 e. The van der Waals surface area contributed by atoms with Crippen molar-refractivity contribution < 1.29 is 14.3 Å². The first kappa shape index (κ1) is 15.9. The average molecular weight is 344 g/mol. The molecule has 0 aromatic heterocycles. The first-order chi connectivity index (χ1) is 10.6. The average Bonchev–Trinajstić information content (AvgIpc) is 3.20. The molecule has 0 bridgehead atoms. The molecule has 3 rings (SSSR count). The molecule has 1 unspecified atom stereocenters. The van der Waals surface area contributed by atoms with E-state index >= 15 is 0 Å². The number of nitrogens with zero attached hydrogens (tertiary/aromatic N) is 1. The molecule has 1 amide bonds. The van der Waals surface area contributed by atoms with Crippen LogP contribution in [0.25, 0.3) is 0 Å². The van der Waals surface area contributed by atoms with Crippen LogP contribution in [0.3, 0.4) is 0 Å². The van der Waals surface area contributed by atoms with E-state index < -0.39 is 0 Å². The monoisotopic (exact) mass is 343 g/mol. The molecular weight excluding hydrogens is 325 g/mol. The molecule has 22 heavy (non-hydrogen) atoms. The maximum atomic E-state index is 12.2. The van der Waals surface area contributed by atoms with Gasteiger partial charge in [-0.3, -0.25) is 4.79 Å². The maximum Gasteiger partial charge on any atom is 0.260 e. The normalized spacial score (nSPS) is 21.2. The summed E-state index contributed by atoms with van der Waals surface area (Å²) in [4.78, 5) is 14.0. The Kier molecular flexibility index (Phi) is 5.11. The van der Waals surface area contributed by atoms with Crippen molar-refractivity contribution in [2.45, 2.75) is 25.4 Å². The van der Waals surface area contributed by atoms with Crippen molar-refractivity contribution in [1.82, 2.24) is 4.90 Å². The predicted molar refractivity (Wildman–Crippen MR) is 85.6 cm³/mol. The summed E-state index contributed by atoms with van der Waals surface area (Å²) < 4.78 is 11.3. The minimum atomic E-state index is -0.0384. The molecule has 0 N–H and O–H groups in total. The third-order valence-electron chi connectivity index (χ3n) is 4.01. The molecule has 2 aliphatic rings. The lowest BCUT2D eigenvalue weighted by atomic mass is 10.3. The van der Waals surface area contributed by atoms with Crippen LogP contribution in [0.4, 0.5) is 0 Å².